The quantitative estimate of drug-likeness (QED) is 0.709. The fourth-order valence-corrected chi connectivity index (χ4v) is 4.27. The molecule has 2 aromatic carbocycles. The maximum absolute atomic E-state index is 11.5. The summed E-state index contributed by atoms with van der Waals surface area (Å²) >= 11 is 6.21. The third kappa shape index (κ3) is 3.77. The van der Waals surface area contributed by atoms with Crippen molar-refractivity contribution in [1.29, 1.82) is 0 Å². The van der Waals surface area contributed by atoms with Gasteiger partial charge in [0.2, 0.25) is 5.91 Å². The fourth-order valence-electron chi connectivity index (χ4n) is 4.11. The Balaban J connectivity index is 1.67. The van der Waals surface area contributed by atoms with Crippen LogP contribution in [-0.2, 0) is 11.3 Å². The number of amides is 1. The van der Waals surface area contributed by atoms with Gasteiger partial charge in [-0.05, 0) is 56.6 Å². The number of hydrogen-bond acceptors (Lipinski definition) is 3. The van der Waals surface area contributed by atoms with Crippen LogP contribution < -0.4 is 5.73 Å². The molecule has 28 heavy (non-hydrogen) atoms. The zero-order chi connectivity index (χ0) is 19.7. The molecule has 4 rings (SSSR count). The maximum atomic E-state index is 11.5. The highest BCUT2D eigenvalue weighted by molar-refractivity contribution is 6.31. The predicted octanol–water partition coefficient (Wildman–Crippen LogP) is 4.00. The smallest absolute Gasteiger partial charge is 0.220 e. The van der Waals surface area contributed by atoms with Gasteiger partial charge in [0.1, 0.15) is 5.82 Å². The molecule has 0 spiro atoms. The van der Waals surface area contributed by atoms with Gasteiger partial charge in [0.05, 0.1) is 17.1 Å². The van der Waals surface area contributed by atoms with E-state index < -0.39 is 0 Å². The van der Waals surface area contributed by atoms with Crippen LogP contribution in [0.5, 0.6) is 0 Å². The number of carbonyl (C=O) groups excluding carboxylic acids is 1. The first kappa shape index (κ1) is 19.0. The highest BCUT2D eigenvalue weighted by Gasteiger charge is 2.29. The highest BCUT2D eigenvalue weighted by Crippen LogP contribution is 2.30. The highest BCUT2D eigenvalue weighted by atomic mass is 35.5. The molecule has 1 aliphatic rings. The molecule has 2 N–H and O–H groups in total. The van der Waals surface area contributed by atoms with Crippen LogP contribution in [0.2, 0.25) is 5.02 Å². The first-order chi connectivity index (χ1) is 13.5. The Hall–Kier alpha value is -2.37. The van der Waals surface area contributed by atoms with Gasteiger partial charge in [-0.1, -0.05) is 41.9 Å². The van der Waals surface area contributed by atoms with Crippen molar-refractivity contribution in [2.24, 2.45) is 11.7 Å². The zero-order valence-electron chi connectivity index (χ0n) is 16.0. The van der Waals surface area contributed by atoms with E-state index in [1.54, 1.807) is 0 Å². The predicted molar refractivity (Wildman–Crippen MR) is 112 cm³/mol. The number of nitrogens with zero attached hydrogens (tertiary/aromatic N) is 3. The van der Waals surface area contributed by atoms with Crippen molar-refractivity contribution in [3.63, 3.8) is 0 Å². The van der Waals surface area contributed by atoms with Crippen molar-refractivity contribution in [2.75, 3.05) is 13.1 Å². The van der Waals surface area contributed by atoms with E-state index in [1.807, 2.05) is 24.3 Å². The summed E-state index contributed by atoms with van der Waals surface area (Å²) in [6.07, 6.45) is 1.62. The first-order valence-corrected chi connectivity index (χ1v) is 10.1. The minimum absolute atomic E-state index is 0.00890. The van der Waals surface area contributed by atoms with E-state index in [-0.39, 0.29) is 17.9 Å². The second kappa shape index (κ2) is 7.94. The summed E-state index contributed by atoms with van der Waals surface area (Å²) in [7, 11) is 0. The summed E-state index contributed by atoms with van der Waals surface area (Å²) in [5.74, 6) is 0.835. The molecule has 1 aromatic heterocycles. The number of imidazole rings is 1. The van der Waals surface area contributed by atoms with E-state index >= 15 is 0 Å². The largest absolute Gasteiger partial charge is 0.369 e. The lowest BCUT2D eigenvalue weighted by Crippen LogP contribution is -2.40. The van der Waals surface area contributed by atoms with Gasteiger partial charge >= 0.3 is 0 Å². The number of nitrogens with two attached hydrogens (primary N) is 1. The van der Waals surface area contributed by atoms with Gasteiger partial charge < -0.3 is 10.3 Å². The van der Waals surface area contributed by atoms with Crippen LogP contribution in [0.1, 0.15) is 37.2 Å². The summed E-state index contributed by atoms with van der Waals surface area (Å²) in [4.78, 5) is 18.8. The zero-order valence-corrected chi connectivity index (χ0v) is 16.8. The number of halogens is 1. The van der Waals surface area contributed by atoms with Crippen molar-refractivity contribution in [2.45, 2.75) is 32.4 Å². The Bertz CT molecular complexity index is 977. The van der Waals surface area contributed by atoms with Crippen molar-refractivity contribution in [1.82, 2.24) is 14.5 Å². The van der Waals surface area contributed by atoms with Crippen LogP contribution in [0.25, 0.3) is 11.0 Å². The van der Waals surface area contributed by atoms with Gasteiger partial charge in [-0.2, -0.15) is 0 Å². The molecule has 0 radical (unpaired) electrons. The molecule has 2 heterocycles. The van der Waals surface area contributed by atoms with Gasteiger partial charge in [0.15, 0.2) is 0 Å². The Labute approximate surface area is 170 Å². The SMILES string of the molecule is CC(c1nc2cc(Cl)ccc2n1Cc1ccccc1)N1CCC(C(N)=O)CC1. The van der Waals surface area contributed by atoms with Crippen LogP contribution in [0.4, 0.5) is 0 Å². The average Bonchev–Trinajstić information content (AvgIpc) is 3.05. The molecular formula is C22H25ClN4O. The molecule has 1 atom stereocenters. The molecule has 1 unspecified atom stereocenters. The molecule has 1 saturated heterocycles. The second-order valence-corrected chi connectivity index (χ2v) is 8.00. The summed E-state index contributed by atoms with van der Waals surface area (Å²) in [5.41, 5.74) is 8.72. The van der Waals surface area contributed by atoms with Crippen LogP contribution >= 0.6 is 11.6 Å². The van der Waals surface area contributed by atoms with Crippen LogP contribution in [0.15, 0.2) is 48.5 Å². The molecule has 5 nitrogen and oxygen atoms in total. The molecule has 1 fully saturated rings. The van der Waals surface area contributed by atoms with Gasteiger partial charge in [-0.3, -0.25) is 9.69 Å². The normalized spacial score (nSPS) is 17.1. The molecule has 1 amide bonds. The lowest BCUT2D eigenvalue weighted by molar-refractivity contribution is -0.123. The molecule has 3 aromatic rings. The molecule has 146 valence electrons. The van der Waals surface area contributed by atoms with E-state index in [1.165, 1.54) is 5.56 Å². The topological polar surface area (TPSA) is 64.2 Å². The Morgan fingerprint density at radius 3 is 2.61 bits per heavy atom. The van der Waals surface area contributed by atoms with Crippen LogP contribution in [0.3, 0.4) is 0 Å². The number of aromatic nitrogens is 2. The maximum Gasteiger partial charge on any atom is 0.220 e. The number of likely N-dealkylation sites (tertiary alicyclic amines) is 1. The van der Waals surface area contributed by atoms with Crippen molar-refractivity contribution in [3.05, 3.63) is 64.9 Å². The molecule has 6 heteroatoms. The minimum atomic E-state index is -0.182. The number of carbonyl (C=O) groups is 1. The minimum Gasteiger partial charge on any atom is -0.369 e. The molecule has 0 saturated carbocycles. The average molecular weight is 397 g/mol. The molecular weight excluding hydrogens is 372 g/mol. The number of rotatable bonds is 5. The van der Waals surface area contributed by atoms with Crippen molar-refractivity contribution >= 4 is 28.5 Å². The van der Waals surface area contributed by atoms with Gasteiger partial charge in [-0.25, -0.2) is 4.98 Å². The Morgan fingerprint density at radius 1 is 1.21 bits per heavy atom. The van der Waals surface area contributed by atoms with Gasteiger partial charge in [0.25, 0.3) is 0 Å². The van der Waals surface area contributed by atoms with Crippen molar-refractivity contribution in [3.8, 4) is 0 Å². The third-order valence-corrected chi connectivity index (χ3v) is 6.01. The Morgan fingerprint density at radius 2 is 1.93 bits per heavy atom. The monoisotopic (exact) mass is 396 g/mol. The standard InChI is InChI=1S/C22H25ClN4O/c1-15(26-11-9-17(10-12-26)21(24)28)22-25-19-13-18(23)7-8-20(19)27(22)14-16-5-3-2-4-6-16/h2-8,13,15,17H,9-12,14H2,1H3,(H2,24,28). The van der Waals surface area contributed by atoms with Crippen molar-refractivity contribution < 1.29 is 4.79 Å². The first-order valence-electron chi connectivity index (χ1n) is 9.76. The van der Waals surface area contributed by atoms with E-state index in [4.69, 9.17) is 22.3 Å². The van der Waals surface area contributed by atoms with E-state index in [2.05, 4.69) is 40.7 Å². The second-order valence-electron chi connectivity index (χ2n) is 7.56. The summed E-state index contributed by atoms with van der Waals surface area (Å²) in [6.45, 7) is 4.65. The lowest BCUT2D eigenvalue weighted by Gasteiger charge is -2.34. The fraction of sp³-hybridized carbons (Fsp3) is 0.364. The van der Waals surface area contributed by atoms with Gasteiger partial charge in [0, 0.05) is 17.5 Å². The number of piperidine rings is 1. The summed E-state index contributed by atoms with van der Waals surface area (Å²) < 4.78 is 2.28. The van der Waals surface area contributed by atoms with Crippen LogP contribution in [-0.4, -0.2) is 33.4 Å². The number of primary amides is 1. The lowest BCUT2D eigenvalue weighted by atomic mass is 9.95. The van der Waals surface area contributed by atoms with Gasteiger partial charge in [-0.15, -0.1) is 0 Å². The number of benzene rings is 2. The molecule has 0 aliphatic carbocycles. The number of hydrogen-bond donors (Lipinski definition) is 1. The Kier molecular flexibility index (Phi) is 5.38. The van der Waals surface area contributed by atoms with E-state index in [0.717, 1.165) is 49.3 Å². The van der Waals surface area contributed by atoms with E-state index in [0.29, 0.717) is 5.02 Å². The van der Waals surface area contributed by atoms with E-state index in [9.17, 15) is 4.79 Å². The summed E-state index contributed by atoms with van der Waals surface area (Å²) in [5, 5.41) is 0.693. The number of fused-ring (bicyclic) bond motifs is 1. The molecule has 1 aliphatic heterocycles. The third-order valence-electron chi connectivity index (χ3n) is 5.78. The van der Waals surface area contributed by atoms with Crippen LogP contribution in [0, 0.1) is 5.92 Å². The summed E-state index contributed by atoms with van der Waals surface area (Å²) in [6, 6.07) is 16.4. The molecule has 0 bridgehead atoms.